The van der Waals surface area contributed by atoms with Crippen molar-refractivity contribution in [3.8, 4) is 0 Å². The summed E-state index contributed by atoms with van der Waals surface area (Å²) in [5, 5.41) is 29.4. The highest BCUT2D eigenvalue weighted by Gasteiger charge is 2.62. The topological polar surface area (TPSA) is 123 Å². The van der Waals surface area contributed by atoms with Crippen molar-refractivity contribution in [2.75, 3.05) is 13.2 Å². The van der Waals surface area contributed by atoms with Crippen LogP contribution in [0.3, 0.4) is 0 Å². The molecule has 8 nitrogen and oxygen atoms in total. The van der Waals surface area contributed by atoms with Crippen molar-refractivity contribution >= 4 is 11.9 Å². The number of esters is 1. The molecule has 0 amide bonds. The fourth-order valence-electron chi connectivity index (χ4n) is 5.81. The van der Waals surface area contributed by atoms with E-state index in [1.54, 1.807) is 0 Å². The van der Waals surface area contributed by atoms with Gasteiger partial charge < -0.3 is 29.5 Å². The largest absolute Gasteiger partial charge is 0.481 e. The quantitative estimate of drug-likeness (QED) is 0.297. The number of fused-ring (bicyclic) bond motifs is 2. The third kappa shape index (κ3) is 7.31. The average molecular weight is 521 g/mol. The third-order valence-electron chi connectivity index (χ3n) is 8.49. The highest BCUT2D eigenvalue weighted by atomic mass is 16.6. The Morgan fingerprint density at radius 2 is 1.86 bits per heavy atom. The summed E-state index contributed by atoms with van der Waals surface area (Å²) in [7, 11) is 0. The molecule has 2 fully saturated rings. The highest BCUT2D eigenvalue weighted by Crippen LogP contribution is 2.57. The Morgan fingerprint density at radius 1 is 1.16 bits per heavy atom. The smallest absolute Gasteiger partial charge is 0.311 e. The second-order valence-corrected chi connectivity index (χ2v) is 11.5. The number of aliphatic hydroxyl groups excluding tert-OH is 2. The summed E-state index contributed by atoms with van der Waals surface area (Å²) in [6, 6.07) is 9.97. The second-order valence-electron chi connectivity index (χ2n) is 11.5. The highest BCUT2D eigenvalue weighted by molar-refractivity contribution is 5.75. The number of rotatable bonds is 15. The van der Waals surface area contributed by atoms with Crippen LogP contribution in [-0.4, -0.2) is 64.4 Å². The van der Waals surface area contributed by atoms with Gasteiger partial charge in [-0.1, -0.05) is 44.2 Å². The first-order valence-electron chi connectivity index (χ1n) is 13.5. The molecule has 8 heteroatoms. The molecule has 2 aliphatic heterocycles. The van der Waals surface area contributed by atoms with Crippen LogP contribution in [0.2, 0.25) is 0 Å². The molecule has 0 spiro atoms. The van der Waals surface area contributed by atoms with Crippen LogP contribution in [0.25, 0.3) is 0 Å². The second kappa shape index (κ2) is 12.7. The summed E-state index contributed by atoms with van der Waals surface area (Å²) >= 11 is 0. The SMILES string of the molecule is CCC(C)(C)C(=O)OC[C@@H]1[C@H](COCc2ccccc2)[C@H]2C[C@@H](C)[C@@]1(CC[C@@H](O)C[C@@H](O)CC(=O)O)O2. The maximum atomic E-state index is 12.8. The summed E-state index contributed by atoms with van der Waals surface area (Å²) in [6.07, 6.45) is 0.0372. The van der Waals surface area contributed by atoms with Crippen molar-refractivity contribution in [1.29, 1.82) is 0 Å². The number of carbonyl (C=O) groups excluding carboxylic acids is 1. The Balaban J connectivity index is 1.71. The van der Waals surface area contributed by atoms with Crippen LogP contribution >= 0.6 is 0 Å². The lowest BCUT2D eigenvalue weighted by Gasteiger charge is -2.41. The molecule has 37 heavy (non-hydrogen) atoms. The molecule has 0 aliphatic carbocycles. The first-order valence-corrected chi connectivity index (χ1v) is 13.5. The van der Waals surface area contributed by atoms with Crippen LogP contribution in [0.15, 0.2) is 30.3 Å². The first kappa shape index (κ1) is 29.6. The van der Waals surface area contributed by atoms with Crippen LogP contribution < -0.4 is 0 Å². The number of hydrogen-bond donors (Lipinski definition) is 3. The van der Waals surface area contributed by atoms with E-state index in [1.165, 1.54) is 0 Å². The molecular formula is C29H44O8. The van der Waals surface area contributed by atoms with E-state index in [4.69, 9.17) is 19.3 Å². The molecule has 0 unspecified atom stereocenters. The molecule has 3 rings (SSSR count). The standard InChI is InChI=1S/C29H44O8/c1-5-28(3,4)27(34)36-18-24-23(17-35-16-20-9-7-6-8-10-20)25-13-19(2)29(24,37-25)12-11-21(30)14-22(31)15-26(32)33/h6-10,19,21-25,30-31H,5,11-18H2,1-4H3,(H,32,33)/t19-,21-,22-,23+,24-,25-,29-/m1/s1. The lowest BCUT2D eigenvalue weighted by Crippen LogP contribution is -2.48. The molecule has 1 aromatic rings. The molecule has 0 saturated carbocycles. The van der Waals surface area contributed by atoms with Gasteiger partial charge in [0.15, 0.2) is 0 Å². The van der Waals surface area contributed by atoms with Gasteiger partial charge in [0, 0.05) is 11.8 Å². The minimum absolute atomic E-state index is 0.00581. The van der Waals surface area contributed by atoms with Gasteiger partial charge in [-0.2, -0.15) is 0 Å². The van der Waals surface area contributed by atoms with Crippen molar-refractivity contribution < 1.29 is 39.1 Å². The summed E-state index contributed by atoms with van der Waals surface area (Å²) in [5.74, 6) is -1.18. The molecule has 0 aromatic heterocycles. The number of carboxylic acids is 1. The van der Waals surface area contributed by atoms with Crippen molar-refractivity contribution in [1.82, 2.24) is 0 Å². The van der Waals surface area contributed by atoms with Gasteiger partial charge in [0.25, 0.3) is 0 Å². The van der Waals surface area contributed by atoms with Gasteiger partial charge in [-0.3, -0.25) is 9.59 Å². The molecule has 208 valence electrons. The molecule has 3 N–H and O–H groups in total. The van der Waals surface area contributed by atoms with E-state index < -0.39 is 35.6 Å². The first-order chi connectivity index (χ1) is 17.5. The Hall–Kier alpha value is -2.00. The number of carbonyl (C=O) groups is 2. The normalized spacial score (nSPS) is 28.7. The van der Waals surface area contributed by atoms with E-state index in [9.17, 15) is 19.8 Å². The Morgan fingerprint density at radius 3 is 2.51 bits per heavy atom. The zero-order valence-corrected chi connectivity index (χ0v) is 22.6. The molecule has 0 radical (unpaired) electrons. The number of benzene rings is 1. The molecule has 2 heterocycles. The van der Waals surface area contributed by atoms with Crippen LogP contribution in [-0.2, 0) is 30.4 Å². The third-order valence-corrected chi connectivity index (χ3v) is 8.49. The maximum Gasteiger partial charge on any atom is 0.311 e. The monoisotopic (exact) mass is 520 g/mol. The Kier molecular flexibility index (Phi) is 10.1. The number of aliphatic carboxylic acids is 1. The molecule has 2 bridgehead atoms. The van der Waals surface area contributed by atoms with Crippen LogP contribution in [0, 0.1) is 23.2 Å². The van der Waals surface area contributed by atoms with E-state index >= 15 is 0 Å². The van der Waals surface area contributed by atoms with Gasteiger partial charge >= 0.3 is 11.9 Å². The predicted octanol–water partition coefficient (Wildman–Crippen LogP) is 3.96. The summed E-state index contributed by atoms with van der Waals surface area (Å²) < 4.78 is 18.6. The van der Waals surface area contributed by atoms with Gasteiger partial charge in [-0.15, -0.1) is 0 Å². The van der Waals surface area contributed by atoms with Crippen LogP contribution in [0.1, 0.15) is 71.8 Å². The average Bonchev–Trinajstić information content (AvgIpc) is 3.33. The number of aliphatic hydroxyl groups is 2. The van der Waals surface area contributed by atoms with Crippen LogP contribution in [0.5, 0.6) is 0 Å². The maximum absolute atomic E-state index is 12.8. The van der Waals surface area contributed by atoms with E-state index in [2.05, 4.69) is 6.92 Å². The van der Waals surface area contributed by atoms with E-state index in [-0.39, 0.29) is 42.9 Å². The molecule has 2 aliphatic rings. The van der Waals surface area contributed by atoms with Gasteiger partial charge in [0.05, 0.1) is 55.6 Å². The van der Waals surface area contributed by atoms with Gasteiger partial charge in [0.2, 0.25) is 0 Å². The Bertz CT molecular complexity index is 887. The summed E-state index contributed by atoms with van der Waals surface area (Å²) in [4.78, 5) is 23.7. The number of ether oxygens (including phenoxy) is 3. The summed E-state index contributed by atoms with van der Waals surface area (Å²) in [6.45, 7) is 9.05. The lowest BCUT2D eigenvalue weighted by molar-refractivity contribution is -0.159. The van der Waals surface area contributed by atoms with Crippen LogP contribution in [0.4, 0.5) is 0 Å². The Labute approximate surface area is 220 Å². The van der Waals surface area contributed by atoms with E-state index in [0.717, 1.165) is 12.0 Å². The summed E-state index contributed by atoms with van der Waals surface area (Å²) in [5.41, 5.74) is -0.0706. The fraction of sp³-hybridized carbons (Fsp3) is 0.724. The fourth-order valence-corrected chi connectivity index (χ4v) is 5.81. The van der Waals surface area contributed by atoms with Crippen molar-refractivity contribution in [3.63, 3.8) is 0 Å². The number of carboxylic acid groups (broad SMARTS) is 1. The zero-order chi connectivity index (χ0) is 27.2. The lowest BCUT2D eigenvalue weighted by atomic mass is 9.65. The van der Waals surface area contributed by atoms with Gasteiger partial charge in [-0.05, 0) is 57.4 Å². The molecule has 1 aromatic carbocycles. The van der Waals surface area contributed by atoms with Gasteiger partial charge in [-0.25, -0.2) is 0 Å². The van der Waals surface area contributed by atoms with Crippen molar-refractivity contribution in [3.05, 3.63) is 35.9 Å². The molecular weight excluding hydrogens is 476 g/mol. The van der Waals surface area contributed by atoms with E-state index in [1.807, 2.05) is 51.1 Å². The molecule has 7 atom stereocenters. The number of hydrogen-bond acceptors (Lipinski definition) is 7. The molecule has 2 saturated heterocycles. The minimum Gasteiger partial charge on any atom is -0.481 e. The van der Waals surface area contributed by atoms with Crippen molar-refractivity contribution in [2.24, 2.45) is 23.2 Å². The van der Waals surface area contributed by atoms with Crippen molar-refractivity contribution in [2.45, 2.75) is 96.7 Å². The minimum atomic E-state index is -1.10. The van der Waals surface area contributed by atoms with E-state index in [0.29, 0.717) is 32.5 Å². The zero-order valence-electron chi connectivity index (χ0n) is 22.6. The predicted molar refractivity (Wildman–Crippen MR) is 138 cm³/mol. The van der Waals surface area contributed by atoms with Gasteiger partial charge in [0.1, 0.15) is 0 Å².